The molecule has 0 amide bonds. The molecule has 0 aliphatic heterocycles. The molecule has 10 aromatic heterocycles. The molecule has 0 unspecified atom stereocenters. The van der Waals surface area contributed by atoms with Crippen molar-refractivity contribution in [1.82, 2.24) is 33.6 Å². The van der Waals surface area contributed by atoms with E-state index in [1.54, 1.807) is 0 Å². The Morgan fingerprint density at radius 1 is 0.235 bits per heavy atom. The third-order valence-corrected chi connectivity index (χ3v) is 24.5. The minimum Gasteiger partial charge on any atom is -0.308 e. The topological polar surface area (TPSA) is 66.3 Å². The average molecular weight is 1300 g/mol. The Bertz CT molecular complexity index is 7530. The molecule has 10 heterocycles. The highest BCUT2D eigenvalue weighted by molar-refractivity contribution is 7.27. The highest BCUT2D eigenvalue weighted by Gasteiger charge is 2.24. The van der Waals surface area contributed by atoms with Gasteiger partial charge in [0.05, 0.1) is 75.6 Å². The number of benzene rings is 13. The van der Waals surface area contributed by atoms with E-state index in [1.807, 2.05) is 77.1 Å². The molecular formula is C88H47N7S3. The molecule has 0 radical (unpaired) electrons. The van der Waals surface area contributed by atoms with Gasteiger partial charge in [-0.1, -0.05) is 158 Å². The Morgan fingerprint density at radius 2 is 0.694 bits per heavy atom. The summed E-state index contributed by atoms with van der Waals surface area (Å²) in [5, 5.41) is 22.8. The fourth-order valence-corrected chi connectivity index (χ4v) is 20.2. The summed E-state index contributed by atoms with van der Waals surface area (Å²) < 4.78 is 15.1. The molecule has 452 valence electrons. The van der Waals surface area contributed by atoms with Gasteiger partial charge in [0.15, 0.2) is 0 Å². The largest absolute Gasteiger partial charge is 0.308 e. The van der Waals surface area contributed by atoms with E-state index in [4.69, 9.17) is 15.0 Å². The lowest BCUT2D eigenvalue weighted by molar-refractivity contribution is 1.17. The van der Waals surface area contributed by atoms with Crippen LogP contribution in [0.4, 0.5) is 0 Å². The van der Waals surface area contributed by atoms with Gasteiger partial charge in [0.2, 0.25) is 0 Å². The number of aromatic nitrogens is 7. The number of para-hydroxylation sites is 1. The summed E-state index contributed by atoms with van der Waals surface area (Å²) in [7, 11) is 0. The number of hydrogen-bond donors (Lipinski definition) is 0. The van der Waals surface area contributed by atoms with Crippen LogP contribution in [0.25, 0.3) is 220 Å². The molecular weight excluding hydrogens is 1250 g/mol. The first-order valence-corrected chi connectivity index (χ1v) is 35.5. The second-order valence-electron chi connectivity index (χ2n) is 26.1. The summed E-state index contributed by atoms with van der Waals surface area (Å²) in [6, 6.07) is 95.3. The van der Waals surface area contributed by atoms with Gasteiger partial charge in [-0.25, -0.2) is 0 Å². The molecule has 0 spiro atoms. The van der Waals surface area contributed by atoms with Gasteiger partial charge < -0.3 is 13.7 Å². The number of fused-ring (bicyclic) bond motifs is 28. The van der Waals surface area contributed by atoms with Crippen LogP contribution < -0.4 is 0 Å². The number of rotatable bonds is 5. The molecule has 0 saturated carbocycles. The van der Waals surface area contributed by atoms with Gasteiger partial charge in [-0.05, 0) is 130 Å². The van der Waals surface area contributed by atoms with Crippen LogP contribution in [0, 0.1) is 0 Å². The van der Waals surface area contributed by atoms with E-state index in [0.29, 0.717) is 0 Å². The smallest absolute Gasteiger partial charge is 0.0966 e. The maximum atomic E-state index is 5.20. The van der Waals surface area contributed by atoms with Crippen LogP contribution in [0.5, 0.6) is 0 Å². The van der Waals surface area contributed by atoms with Crippen molar-refractivity contribution in [2.24, 2.45) is 0 Å². The molecule has 10 heteroatoms. The standard InChI is InChI=1S/C88H47N7S3/c1-3-11-74-62(9-1)66-28-31-70-72-42-50(20-33-78(72)97-87(70)83(66)93(74)58-22-17-57-46-89-38-35-54(57)39-58)52-18-24-63-67-29-32-71-73-43-51(21-34-79(73)98-88(71)84(67)94(75(63)44-52)59-23-26-61-55(40-59)15-13-48-7-5-36-90-80(48)61)53-19-25-64-68-27-30-69-65-10-2-4-12-77(65)96-86(69)85(68)95(76(64)45-53)60-41-56-16-14-49-8-6-37-91-81(49)82(56)92-47-60/h1-47H. The van der Waals surface area contributed by atoms with E-state index in [-0.39, 0.29) is 0 Å². The van der Waals surface area contributed by atoms with Crippen LogP contribution in [-0.4, -0.2) is 33.6 Å². The lowest BCUT2D eigenvalue weighted by Gasteiger charge is -2.12. The molecule has 7 nitrogen and oxygen atoms in total. The molecule has 0 aliphatic carbocycles. The van der Waals surface area contributed by atoms with Crippen molar-refractivity contribution in [2.45, 2.75) is 0 Å². The van der Waals surface area contributed by atoms with Crippen LogP contribution in [0.3, 0.4) is 0 Å². The van der Waals surface area contributed by atoms with Gasteiger partial charge in [-0.3, -0.25) is 19.9 Å². The number of pyridine rings is 4. The van der Waals surface area contributed by atoms with Gasteiger partial charge >= 0.3 is 0 Å². The molecule has 23 rings (SSSR count). The van der Waals surface area contributed by atoms with Crippen LogP contribution in [-0.2, 0) is 0 Å². The Balaban J connectivity index is 0.708. The van der Waals surface area contributed by atoms with Crippen molar-refractivity contribution in [2.75, 3.05) is 0 Å². The first-order valence-electron chi connectivity index (χ1n) is 33.0. The summed E-state index contributed by atoms with van der Waals surface area (Å²) in [6.45, 7) is 0. The third kappa shape index (κ3) is 7.40. The molecule has 98 heavy (non-hydrogen) atoms. The maximum absolute atomic E-state index is 5.20. The van der Waals surface area contributed by atoms with Gasteiger partial charge in [-0.15, -0.1) is 34.0 Å². The molecule has 0 atom stereocenters. The fourth-order valence-electron chi connectivity index (χ4n) is 16.5. The van der Waals surface area contributed by atoms with E-state index in [9.17, 15) is 0 Å². The molecule has 0 saturated heterocycles. The van der Waals surface area contributed by atoms with Crippen molar-refractivity contribution >= 4 is 214 Å². The molecule has 0 fully saturated rings. The second-order valence-corrected chi connectivity index (χ2v) is 29.2. The van der Waals surface area contributed by atoms with Crippen molar-refractivity contribution in [3.8, 4) is 39.3 Å². The van der Waals surface area contributed by atoms with Crippen LogP contribution in [0.1, 0.15) is 0 Å². The predicted molar refractivity (Wildman–Crippen MR) is 418 cm³/mol. The summed E-state index contributed by atoms with van der Waals surface area (Å²) in [4.78, 5) is 19.3. The first kappa shape index (κ1) is 53.1. The summed E-state index contributed by atoms with van der Waals surface area (Å²) >= 11 is 5.65. The lowest BCUT2D eigenvalue weighted by atomic mass is 10.00. The normalized spacial score (nSPS) is 12.5. The van der Waals surface area contributed by atoms with Crippen molar-refractivity contribution < 1.29 is 0 Å². The SMILES string of the molecule is c1cnc2c(c1)ccc1cc(-n3c4cc(-c5ccc6sc7c(ccc8c9ccccc9n(-c9ccc%10cnccc%10c9)c87)c6c5)ccc4c4ccc5c6cc(-c7ccc8c9ccc%10c%11ccccc%11sc%10c9n(-c9cnc%10c(ccc%11cccnc%11%10)c9)c8c7)ccc6sc5c43)ccc12. The first-order chi connectivity index (χ1) is 48.5. The predicted octanol–water partition coefficient (Wildman–Crippen LogP) is 24.8. The van der Waals surface area contributed by atoms with Crippen LogP contribution in [0.15, 0.2) is 286 Å². The lowest BCUT2D eigenvalue weighted by Crippen LogP contribution is -1.96. The molecule has 0 N–H and O–H groups in total. The minimum atomic E-state index is 0.906. The van der Waals surface area contributed by atoms with Crippen LogP contribution in [0.2, 0.25) is 0 Å². The number of thiophene rings is 3. The number of hydrogen-bond acceptors (Lipinski definition) is 7. The Hall–Kier alpha value is -12.2. The van der Waals surface area contributed by atoms with Gasteiger partial charge in [0, 0.05) is 142 Å². The van der Waals surface area contributed by atoms with E-state index in [2.05, 4.69) is 261 Å². The summed E-state index contributed by atoms with van der Waals surface area (Å²) in [5.41, 5.74) is 18.0. The van der Waals surface area contributed by atoms with E-state index < -0.39 is 0 Å². The summed E-state index contributed by atoms with van der Waals surface area (Å²) in [6.07, 6.45) is 9.64. The highest BCUT2D eigenvalue weighted by atomic mass is 32.1. The highest BCUT2D eigenvalue weighted by Crippen LogP contribution is 2.50. The summed E-state index contributed by atoms with van der Waals surface area (Å²) in [5.74, 6) is 0. The van der Waals surface area contributed by atoms with E-state index in [1.165, 1.54) is 137 Å². The molecule has 23 aromatic rings. The molecule has 0 aliphatic rings. The third-order valence-electron chi connectivity index (χ3n) is 21.0. The van der Waals surface area contributed by atoms with Gasteiger partial charge in [-0.2, -0.15) is 0 Å². The van der Waals surface area contributed by atoms with E-state index in [0.717, 1.165) is 82.5 Å². The van der Waals surface area contributed by atoms with Gasteiger partial charge in [0.25, 0.3) is 0 Å². The molecule has 13 aromatic carbocycles. The quantitative estimate of drug-likeness (QED) is 0.161. The Kier molecular flexibility index (Phi) is 10.7. The molecule has 0 bridgehead atoms. The van der Waals surface area contributed by atoms with Crippen molar-refractivity contribution in [1.29, 1.82) is 0 Å². The fraction of sp³-hybridized carbons (Fsp3) is 0. The average Bonchev–Trinajstić information content (AvgIpc) is 1.51. The number of nitrogens with zero attached hydrogens (tertiary/aromatic N) is 7. The van der Waals surface area contributed by atoms with Crippen molar-refractivity contribution in [3.05, 3.63) is 286 Å². The minimum absolute atomic E-state index is 0.906. The van der Waals surface area contributed by atoms with Crippen molar-refractivity contribution in [3.63, 3.8) is 0 Å². The Morgan fingerprint density at radius 3 is 1.38 bits per heavy atom. The zero-order valence-electron chi connectivity index (χ0n) is 52.0. The van der Waals surface area contributed by atoms with Crippen LogP contribution >= 0.6 is 34.0 Å². The monoisotopic (exact) mass is 1300 g/mol. The van der Waals surface area contributed by atoms with Gasteiger partial charge in [0.1, 0.15) is 0 Å². The zero-order valence-corrected chi connectivity index (χ0v) is 54.4. The maximum Gasteiger partial charge on any atom is 0.0966 e. The van der Waals surface area contributed by atoms with E-state index >= 15 is 0 Å². The Labute approximate surface area is 568 Å². The second kappa shape index (κ2) is 19.7. The zero-order chi connectivity index (χ0) is 63.6.